The van der Waals surface area contributed by atoms with Crippen LogP contribution in [0.5, 0.6) is 0 Å². The van der Waals surface area contributed by atoms with Gasteiger partial charge in [0.25, 0.3) is 0 Å². The number of carboxylic acid groups (broad SMARTS) is 1. The number of hydrogen-bond acceptors (Lipinski definition) is 1. The van der Waals surface area contributed by atoms with E-state index in [9.17, 15) is 4.79 Å². The molecule has 0 bridgehead atoms. The van der Waals surface area contributed by atoms with Gasteiger partial charge in [-0.25, -0.2) is 0 Å². The molecule has 3 aromatic rings. The molecule has 0 unspecified atom stereocenters. The van der Waals surface area contributed by atoms with E-state index in [0.29, 0.717) is 6.42 Å². The van der Waals surface area contributed by atoms with Gasteiger partial charge in [-0.1, -0.05) is 0 Å². The molecule has 0 aliphatic rings. The molecule has 0 aromatic heterocycles. The Morgan fingerprint density at radius 2 is 0.935 bits per heavy atom. The average molecular weight is 501 g/mol. The summed E-state index contributed by atoms with van der Waals surface area (Å²) in [5, 5.41) is 13.2. The molecule has 0 fully saturated rings. The molecule has 0 radical (unpaired) electrons. The van der Waals surface area contributed by atoms with Crippen LogP contribution in [0.15, 0.2) is 91.0 Å². The van der Waals surface area contributed by atoms with Gasteiger partial charge >= 0.3 is 181 Å². The summed E-state index contributed by atoms with van der Waals surface area (Å²) in [6, 6.07) is 33.3. The van der Waals surface area contributed by atoms with E-state index in [4.69, 9.17) is 5.11 Å². The fraction of sp³-hybridized carbons (Fsp3) is 0.296. The molecule has 0 aliphatic heterocycles. The van der Waals surface area contributed by atoms with Crippen LogP contribution in [0.25, 0.3) is 0 Å². The molecule has 4 heteroatoms. The van der Waals surface area contributed by atoms with Gasteiger partial charge in [-0.2, -0.15) is 0 Å². The Kier molecular flexibility index (Phi) is 11.0. The third-order valence-corrected chi connectivity index (χ3v) is 11.1. The van der Waals surface area contributed by atoms with E-state index in [1.165, 1.54) is 41.3 Å². The number of hydrogen-bond donors (Lipinski definition) is 1. The molecule has 3 rings (SSSR count). The van der Waals surface area contributed by atoms with Crippen molar-refractivity contribution >= 4 is 46.1 Å². The van der Waals surface area contributed by atoms with E-state index in [1.807, 2.05) is 0 Å². The van der Waals surface area contributed by atoms with Crippen molar-refractivity contribution in [2.24, 2.45) is 0 Å². The number of halogens is 1. The first-order valence-electron chi connectivity index (χ1n) is 11.1. The summed E-state index contributed by atoms with van der Waals surface area (Å²) >= 11 is 0. The second-order valence-electron chi connectivity index (χ2n) is 8.02. The predicted molar refractivity (Wildman–Crippen MR) is 142 cm³/mol. The van der Waals surface area contributed by atoms with Crippen LogP contribution < -0.4 is 15.9 Å². The van der Waals surface area contributed by atoms with E-state index in [-0.39, 0.29) is 17.0 Å². The quantitative estimate of drug-likeness (QED) is 0.240. The molecule has 2 nitrogen and oxygen atoms in total. The molecule has 0 atom stereocenters. The summed E-state index contributed by atoms with van der Waals surface area (Å²) in [7, 11) is -2.09. The zero-order valence-electron chi connectivity index (χ0n) is 18.1. The molecule has 0 saturated heterocycles. The summed E-state index contributed by atoms with van der Waals surface area (Å²) in [6.45, 7) is 0. The van der Waals surface area contributed by atoms with Crippen LogP contribution in [-0.4, -0.2) is 17.2 Å². The van der Waals surface area contributed by atoms with Crippen LogP contribution in [-0.2, 0) is 4.79 Å². The Morgan fingerprint density at radius 3 is 1.32 bits per heavy atom. The summed E-state index contributed by atoms with van der Waals surface area (Å²) in [5.41, 5.74) is 0. The van der Waals surface area contributed by atoms with Crippen LogP contribution in [0, 0.1) is 0 Å². The van der Waals surface area contributed by atoms with Crippen LogP contribution in [0.2, 0.25) is 0 Å². The van der Waals surface area contributed by atoms with Crippen LogP contribution in [0.1, 0.15) is 44.9 Å². The van der Waals surface area contributed by atoms with Gasteiger partial charge in [-0.3, -0.25) is 0 Å². The molecule has 0 aliphatic carbocycles. The molecular formula is C27H34BrO2P. The van der Waals surface area contributed by atoms with Gasteiger partial charge in [0.2, 0.25) is 0 Å². The summed E-state index contributed by atoms with van der Waals surface area (Å²) < 4.78 is 0. The number of carbonyl (C=O) groups is 1. The van der Waals surface area contributed by atoms with Crippen molar-refractivity contribution < 1.29 is 9.90 Å². The third-order valence-electron chi connectivity index (χ3n) is 5.99. The first kappa shape index (κ1) is 25.3. The zero-order chi connectivity index (χ0) is 21.1. The molecule has 3 aromatic carbocycles. The standard InChI is InChI=1S/C27H33O2P.BrH/c28-27(29)22-14-3-1-2-4-15-23-30(24-16-8-5-9-17-24,25-18-10-6-11-19-25)26-20-12-7-13-21-26;/h5-13,16-21,30H,1-4,14-15,22-23H2,(H,28,29);1H. The number of carboxylic acids is 1. The normalized spacial score (nSPS) is 11.5. The summed E-state index contributed by atoms with van der Waals surface area (Å²) in [4.78, 5) is 10.7. The fourth-order valence-electron chi connectivity index (χ4n) is 4.47. The van der Waals surface area contributed by atoms with Crippen molar-refractivity contribution in [2.75, 3.05) is 6.16 Å². The van der Waals surface area contributed by atoms with E-state index in [2.05, 4.69) is 91.0 Å². The van der Waals surface area contributed by atoms with Crippen molar-refractivity contribution in [3.63, 3.8) is 0 Å². The predicted octanol–water partition coefficient (Wildman–Crippen LogP) is 6.11. The second kappa shape index (κ2) is 13.5. The van der Waals surface area contributed by atoms with E-state index in [0.717, 1.165) is 19.3 Å². The maximum absolute atomic E-state index is 10.7. The van der Waals surface area contributed by atoms with Crippen LogP contribution in [0.3, 0.4) is 0 Å². The summed E-state index contributed by atoms with van der Waals surface area (Å²) in [6.07, 6.45) is 8.02. The van der Waals surface area contributed by atoms with Gasteiger partial charge in [0.15, 0.2) is 0 Å². The van der Waals surface area contributed by atoms with Gasteiger partial charge < -0.3 is 0 Å². The van der Waals surface area contributed by atoms with Gasteiger partial charge in [0.05, 0.1) is 0 Å². The van der Waals surface area contributed by atoms with Gasteiger partial charge in [-0.05, 0) is 0 Å². The van der Waals surface area contributed by atoms with Crippen molar-refractivity contribution in [1.29, 1.82) is 0 Å². The fourth-order valence-corrected chi connectivity index (χ4v) is 9.41. The zero-order valence-corrected chi connectivity index (χ0v) is 20.8. The van der Waals surface area contributed by atoms with Gasteiger partial charge in [-0.15, -0.1) is 17.0 Å². The molecular weight excluding hydrogens is 467 g/mol. The Hall–Kier alpha value is -1.96. The summed E-state index contributed by atoms with van der Waals surface area (Å²) in [5.74, 6) is -0.681. The molecule has 0 saturated carbocycles. The van der Waals surface area contributed by atoms with Crippen molar-refractivity contribution in [3.05, 3.63) is 91.0 Å². The SMILES string of the molecule is Br.O=C(O)CCCCCCCC[PH](c1ccccc1)(c1ccccc1)c1ccccc1. The molecule has 1 N–H and O–H groups in total. The molecule has 0 spiro atoms. The number of aliphatic carboxylic acids is 1. The monoisotopic (exact) mass is 500 g/mol. The topological polar surface area (TPSA) is 37.3 Å². The van der Waals surface area contributed by atoms with Crippen molar-refractivity contribution in [3.8, 4) is 0 Å². The van der Waals surface area contributed by atoms with Gasteiger partial charge in [0.1, 0.15) is 0 Å². The third kappa shape index (κ3) is 7.02. The van der Waals surface area contributed by atoms with E-state index < -0.39 is 13.2 Å². The Labute approximate surface area is 197 Å². The Balaban J connectivity index is 0.00000341. The minimum absolute atomic E-state index is 0. The molecule has 166 valence electrons. The average Bonchev–Trinajstić information content (AvgIpc) is 2.80. The first-order valence-corrected chi connectivity index (χ1v) is 13.3. The number of benzene rings is 3. The maximum atomic E-state index is 10.7. The van der Waals surface area contributed by atoms with Crippen molar-refractivity contribution in [2.45, 2.75) is 44.9 Å². The van der Waals surface area contributed by atoms with Crippen molar-refractivity contribution in [1.82, 2.24) is 0 Å². The van der Waals surface area contributed by atoms with E-state index >= 15 is 0 Å². The Morgan fingerprint density at radius 1 is 0.581 bits per heavy atom. The first-order chi connectivity index (χ1) is 14.7. The molecule has 0 amide bonds. The van der Waals surface area contributed by atoms with Crippen LogP contribution >= 0.6 is 24.2 Å². The van der Waals surface area contributed by atoms with E-state index in [1.54, 1.807) is 0 Å². The number of rotatable bonds is 12. The van der Waals surface area contributed by atoms with Gasteiger partial charge in [0, 0.05) is 0 Å². The Bertz CT molecular complexity index is 788. The molecule has 0 heterocycles. The second-order valence-corrected chi connectivity index (χ2v) is 12.1. The number of unbranched alkanes of at least 4 members (excludes halogenated alkanes) is 5. The molecule has 31 heavy (non-hydrogen) atoms. The minimum atomic E-state index is -2.09. The van der Waals surface area contributed by atoms with Crippen LogP contribution in [0.4, 0.5) is 0 Å².